The van der Waals surface area contributed by atoms with E-state index in [1.807, 2.05) is 29.6 Å². The highest BCUT2D eigenvalue weighted by Crippen LogP contribution is 2.65. The van der Waals surface area contributed by atoms with Gasteiger partial charge in [-0.1, -0.05) is 12.1 Å². The minimum Gasteiger partial charge on any atom is -0.486 e. The fourth-order valence-corrected chi connectivity index (χ4v) is 5.12. The van der Waals surface area contributed by atoms with Gasteiger partial charge in [0.15, 0.2) is 10.9 Å². The zero-order valence-corrected chi connectivity index (χ0v) is 13.7. The van der Waals surface area contributed by atoms with Crippen LogP contribution in [0.1, 0.15) is 29.6 Å². The van der Waals surface area contributed by atoms with Gasteiger partial charge in [-0.25, -0.2) is 4.98 Å². The molecule has 0 radical (unpaired) electrons. The highest BCUT2D eigenvalue weighted by molar-refractivity contribution is 7.13. The van der Waals surface area contributed by atoms with Crippen LogP contribution in [-0.2, 0) is 4.79 Å². The Balaban J connectivity index is 1.39. The summed E-state index contributed by atoms with van der Waals surface area (Å²) < 4.78 is 6.31. The van der Waals surface area contributed by atoms with Crippen molar-refractivity contribution in [1.82, 2.24) is 4.98 Å². The number of fused-ring (bicyclic) bond motifs is 3. The van der Waals surface area contributed by atoms with E-state index in [2.05, 4.69) is 10.3 Å². The van der Waals surface area contributed by atoms with Crippen LogP contribution >= 0.6 is 11.3 Å². The Morgan fingerprint density at radius 2 is 2.25 bits per heavy atom. The molecule has 0 unspecified atom stereocenters. The lowest BCUT2D eigenvalue weighted by molar-refractivity contribution is -0.119. The molecular weight excluding hydrogens is 324 g/mol. The first-order chi connectivity index (χ1) is 11.7. The van der Waals surface area contributed by atoms with E-state index in [9.17, 15) is 9.59 Å². The first kappa shape index (κ1) is 14.2. The quantitative estimate of drug-likeness (QED) is 0.912. The van der Waals surface area contributed by atoms with Crippen molar-refractivity contribution in [1.29, 1.82) is 0 Å². The Kier molecular flexibility index (Phi) is 2.89. The zero-order valence-electron chi connectivity index (χ0n) is 12.9. The van der Waals surface area contributed by atoms with Gasteiger partial charge in [0.2, 0.25) is 5.91 Å². The van der Waals surface area contributed by atoms with E-state index in [4.69, 9.17) is 4.74 Å². The Morgan fingerprint density at radius 1 is 1.38 bits per heavy atom. The van der Waals surface area contributed by atoms with Crippen LogP contribution < -0.4 is 10.1 Å². The van der Waals surface area contributed by atoms with Crippen LogP contribution in [-0.4, -0.2) is 22.3 Å². The van der Waals surface area contributed by atoms with Crippen molar-refractivity contribution < 1.29 is 14.3 Å². The number of aromatic nitrogens is 1. The lowest BCUT2D eigenvalue weighted by atomic mass is 9.84. The summed E-state index contributed by atoms with van der Waals surface area (Å²) >= 11 is 1.41. The second-order valence-corrected chi connectivity index (χ2v) is 7.74. The third-order valence-electron chi connectivity index (χ3n) is 5.60. The lowest BCUT2D eigenvalue weighted by Gasteiger charge is -2.37. The molecule has 6 heteroatoms. The predicted octanol–water partition coefficient (Wildman–Crippen LogP) is 3.14. The molecule has 0 saturated heterocycles. The number of ether oxygens (including phenoxy) is 1. The summed E-state index contributed by atoms with van der Waals surface area (Å²) in [6, 6.07) is 7.42. The fourth-order valence-electron chi connectivity index (χ4n) is 4.59. The maximum Gasteiger partial charge on any atom is 0.230 e. The van der Waals surface area contributed by atoms with Crippen LogP contribution in [0.25, 0.3) is 0 Å². The van der Waals surface area contributed by atoms with Gasteiger partial charge < -0.3 is 10.1 Å². The Labute approximate surface area is 143 Å². The molecule has 24 heavy (non-hydrogen) atoms. The van der Waals surface area contributed by atoms with E-state index in [1.165, 1.54) is 11.3 Å². The molecule has 1 aliphatic heterocycles. The minimum absolute atomic E-state index is 0.00827. The molecule has 1 aromatic heterocycles. The highest BCUT2D eigenvalue weighted by Gasteiger charge is 2.70. The summed E-state index contributed by atoms with van der Waals surface area (Å²) in [6.07, 6.45) is 3.85. The fraction of sp³-hybridized carbons (Fsp3) is 0.389. The molecule has 0 bridgehead atoms. The van der Waals surface area contributed by atoms with Crippen molar-refractivity contribution in [3.8, 4) is 5.75 Å². The SMILES string of the molecule is O=C1C[C@]2(CC[C@H]3[C@@H](C(=O)Nc4nccs4)[C@@H]32)Oc2ccccc21. The minimum atomic E-state index is -0.499. The van der Waals surface area contributed by atoms with Crippen LogP contribution in [0, 0.1) is 17.8 Å². The lowest BCUT2D eigenvalue weighted by Crippen LogP contribution is -2.44. The van der Waals surface area contributed by atoms with Crippen molar-refractivity contribution in [3.63, 3.8) is 0 Å². The summed E-state index contributed by atoms with van der Waals surface area (Å²) in [7, 11) is 0. The Bertz CT molecular complexity index is 835. The number of para-hydroxylation sites is 1. The van der Waals surface area contributed by atoms with Crippen LogP contribution in [0.3, 0.4) is 0 Å². The topological polar surface area (TPSA) is 68.3 Å². The summed E-state index contributed by atoms with van der Waals surface area (Å²) in [4.78, 5) is 29.2. The van der Waals surface area contributed by atoms with E-state index in [0.29, 0.717) is 28.8 Å². The van der Waals surface area contributed by atoms with Gasteiger partial charge in [-0.15, -0.1) is 11.3 Å². The monoisotopic (exact) mass is 340 g/mol. The maximum atomic E-state index is 12.6. The maximum absolute atomic E-state index is 12.6. The number of hydrogen-bond donors (Lipinski definition) is 1. The molecule has 2 heterocycles. The van der Waals surface area contributed by atoms with Gasteiger partial charge in [0.1, 0.15) is 11.4 Å². The molecule has 2 aromatic rings. The molecule has 5 nitrogen and oxygen atoms in total. The van der Waals surface area contributed by atoms with Crippen molar-refractivity contribution in [3.05, 3.63) is 41.4 Å². The number of benzene rings is 1. The second kappa shape index (κ2) is 4.89. The van der Waals surface area contributed by atoms with Crippen molar-refractivity contribution in [2.75, 3.05) is 5.32 Å². The third-order valence-corrected chi connectivity index (χ3v) is 6.29. The number of hydrogen-bond acceptors (Lipinski definition) is 5. The molecule has 122 valence electrons. The number of nitrogens with zero attached hydrogens (tertiary/aromatic N) is 1. The van der Waals surface area contributed by atoms with Gasteiger partial charge >= 0.3 is 0 Å². The van der Waals surface area contributed by atoms with Crippen LogP contribution in [0.15, 0.2) is 35.8 Å². The Morgan fingerprint density at radius 3 is 3.08 bits per heavy atom. The van der Waals surface area contributed by atoms with E-state index in [1.54, 1.807) is 6.20 Å². The Hall–Kier alpha value is -2.21. The van der Waals surface area contributed by atoms with E-state index in [-0.39, 0.29) is 23.5 Å². The number of Topliss-reactive ketones (excluding diaryl/α,β-unsaturated/α-hetero) is 1. The average Bonchev–Trinajstić information content (AvgIpc) is 2.91. The molecule has 1 aromatic carbocycles. The van der Waals surface area contributed by atoms with Crippen molar-refractivity contribution in [2.24, 2.45) is 17.8 Å². The smallest absolute Gasteiger partial charge is 0.230 e. The number of rotatable bonds is 2. The average molecular weight is 340 g/mol. The molecule has 1 amide bonds. The summed E-state index contributed by atoms with van der Waals surface area (Å²) in [5.74, 6) is 1.19. The molecule has 2 fully saturated rings. The number of amides is 1. The van der Waals surface area contributed by atoms with Gasteiger partial charge in [-0.3, -0.25) is 9.59 Å². The molecule has 1 spiro atoms. The summed E-state index contributed by atoms with van der Waals surface area (Å²) in [5.41, 5.74) is 0.164. The van der Waals surface area contributed by atoms with Crippen LogP contribution in [0.2, 0.25) is 0 Å². The number of carbonyl (C=O) groups excluding carboxylic acids is 2. The van der Waals surface area contributed by atoms with Crippen molar-refractivity contribution in [2.45, 2.75) is 24.9 Å². The zero-order chi connectivity index (χ0) is 16.3. The number of carbonyl (C=O) groups is 2. The number of ketones is 1. The van der Waals surface area contributed by atoms with E-state index < -0.39 is 5.60 Å². The molecule has 1 N–H and O–H groups in total. The number of thiazole rings is 1. The molecule has 5 rings (SSSR count). The van der Waals surface area contributed by atoms with Gasteiger partial charge in [0, 0.05) is 23.4 Å². The number of nitrogens with one attached hydrogen (secondary N) is 1. The van der Waals surface area contributed by atoms with Crippen molar-refractivity contribution >= 4 is 28.2 Å². The standard InChI is InChI=1S/C18H16N2O3S/c21-12-9-18(23-13-4-2-1-3-10(12)13)6-5-11-14(15(11)18)16(22)20-17-19-7-8-24-17/h1-4,7-8,11,14-15H,5-6,9H2,(H,19,20,22)/t11-,14+,15+,18-/m0/s1. The molecule has 2 aliphatic carbocycles. The van der Waals surface area contributed by atoms with Gasteiger partial charge in [0.25, 0.3) is 0 Å². The first-order valence-electron chi connectivity index (χ1n) is 8.20. The molecule has 2 saturated carbocycles. The molecule has 3 aliphatic rings. The second-order valence-electron chi connectivity index (χ2n) is 6.84. The van der Waals surface area contributed by atoms with Crippen LogP contribution in [0.5, 0.6) is 5.75 Å². The predicted molar refractivity (Wildman–Crippen MR) is 89.2 cm³/mol. The summed E-state index contributed by atoms with van der Waals surface area (Å²) in [5, 5.41) is 5.36. The molecular formula is C18H16N2O3S. The van der Waals surface area contributed by atoms with E-state index >= 15 is 0 Å². The highest BCUT2D eigenvalue weighted by atomic mass is 32.1. The normalized spacial score (nSPS) is 32.8. The van der Waals surface area contributed by atoms with Gasteiger partial charge in [-0.05, 0) is 30.9 Å². The largest absolute Gasteiger partial charge is 0.486 e. The van der Waals surface area contributed by atoms with Gasteiger partial charge in [-0.2, -0.15) is 0 Å². The molecule has 4 atom stereocenters. The van der Waals surface area contributed by atoms with Gasteiger partial charge in [0.05, 0.1) is 12.0 Å². The first-order valence-corrected chi connectivity index (χ1v) is 9.07. The van der Waals surface area contributed by atoms with Crippen LogP contribution in [0.4, 0.5) is 5.13 Å². The van der Waals surface area contributed by atoms with E-state index in [0.717, 1.165) is 12.8 Å². The third kappa shape index (κ3) is 1.95. The number of anilines is 1. The summed E-state index contributed by atoms with van der Waals surface area (Å²) in [6.45, 7) is 0.